The van der Waals surface area contributed by atoms with Crippen LogP contribution >= 0.6 is 0 Å². The number of hydrogen-bond donors (Lipinski definition) is 1. The van der Waals surface area contributed by atoms with Gasteiger partial charge >= 0.3 is 6.09 Å². The van der Waals surface area contributed by atoms with Crippen LogP contribution in [0.4, 0.5) is 4.79 Å². The highest BCUT2D eigenvalue weighted by atomic mass is 16.5. The number of hydrogen-bond acceptors (Lipinski definition) is 5. The zero-order chi connectivity index (χ0) is 28.2. The van der Waals surface area contributed by atoms with Crippen LogP contribution in [-0.2, 0) is 20.3 Å². The Kier molecular flexibility index (Phi) is 7.54. The largest absolute Gasteiger partial charge is 0.473 e. The number of likely N-dealkylation sites (tertiary alicyclic amines) is 1. The number of benzene rings is 3. The van der Waals surface area contributed by atoms with E-state index in [4.69, 9.17) is 19.6 Å². The lowest BCUT2D eigenvalue weighted by Gasteiger charge is -2.31. The van der Waals surface area contributed by atoms with Crippen molar-refractivity contribution in [2.75, 3.05) is 13.1 Å². The third-order valence-electron chi connectivity index (χ3n) is 7.58. The molecule has 6 rings (SSSR count). The second-order valence-corrected chi connectivity index (χ2v) is 10.4. The number of ether oxygens (including phenoxy) is 2. The van der Waals surface area contributed by atoms with Gasteiger partial charge in [0.15, 0.2) is 0 Å². The van der Waals surface area contributed by atoms with Crippen LogP contribution < -0.4 is 9.47 Å². The van der Waals surface area contributed by atoms with Crippen molar-refractivity contribution in [3.63, 3.8) is 0 Å². The summed E-state index contributed by atoms with van der Waals surface area (Å²) in [5, 5.41) is 15.3. The van der Waals surface area contributed by atoms with E-state index in [2.05, 4.69) is 18.2 Å². The average molecular weight is 549 g/mol. The summed E-state index contributed by atoms with van der Waals surface area (Å²) in [5.41, 5.74) is 5.75. The summed E-state index contributed by atoms with van der Waals surface area (Å²) in [7, 11) is 1.93. The van der Waals surface area contributed by atoms with Gasteiger partial charge in [-0.2, -0.15) is 10.1 Å². The van der Waals surface area contributed by atoms with Gasteiger partial charge in [0.25, 0.3) is 0 Å². The van der Waals surface area contributed by atoms with Crippen molar-refractivity contribution in [1.82, 2.24) is 19.7 Å². The molecule has 2 aromatic heterocycles. The molecule has 0 unspecified atom stereocenters. The maximum Gasteiger partial charge on any atom is 0.407 e. The minimum Gasteiger partial charge on any atom is -0.473 e. The van der Waals surface area contributed by atoms with Crippen LogP contribution in [0, 0.1) is 0 Å². The van der Waals surface area contributed by atoms with Crippen molar-refractivity contribution in [1.29, 1.82) is 0 Å². The van der Waals surface area contributed by atoms with Gasteiger partial charge in [0.1, 0.15) is 18.9 Å². The van der Waals surface area contributed by atoms with E-state index >= 15 is 0 Å². The first-order valence-corrected chi connectivity index (χ1v) is 13.8. The standard InChI is InChI=1S/C33H32N4O4/c1-36-29-19-25(26-13-8-18-37(20-26)33(38)39)14-15-27(29)31(35-36)28-16-17-30(40-21-23-9-4-2-5-10-23)34-32(28)41-22-24-11-6-3-7-12-24/h2-7,9-12,14-17,19,26H,8,13,18,20-22H2,1H3,(H,38,39)/t26-/m0/s1. The first-order chi connectivity index (χ1) is 20.0. The van der Waals surface area contributed by atoms with Gasteiger partial charge in [-0.15, -0.1) is 0 Å². The molecule has 1 aliphatic rings. The summed E-state index contributed by atoms with van der Waals surface area (Å²) in [5.74, 6) is 1.09. The Balaban J connectivity index is 1.32. The van der Waals surface area contributed by atoms with Crippen molar-refractivity contribution in [3.05, 3.63) is 108 Å². The molecule has 1 fully saturated rings. The van der Waals surface area contributed by atoms with Crippen molar-refractivity contribution in [3.8, 4) is 23.0 Å². The molecule has 1 aliphatic heterocycles. The molecular weight excluding hydrogens is 516 g/mol. The van der Waals surface area contributed by atoms with Crippen LogP contribution in [0.25, 0.3) is 22.2 Å². The highest BCUT2D eigenvalue weighted by Gasteiger charge is 2.25. The molecule has 1 amide bonds. The van der Waals surface area contributed by atoms with Crippen LogP contribution in [0.5, 0.6) is 11.8 Å². The Hall–Kier alpha value is -4.85. The smallest absolute Gasteiger partial charge is 0.407 e. The number of piperidine rings is 1. The van der Waals surface area contributed by atoms with Gasteiger partial charge in [0.2, 0.25) is 11.8 Å². The number of nitrogens with zero attached hydrogens (tertiary/aromatic N) is 4. The highest BCUT2D eigenvalue weighted by Crippen LogP contribution is 2.37. The molecule has 3 heterocycles. The predicted molar refractivity (Wildman–Crippen MR) is 157 cm³/mol. The molecule has 1 saturated heterocycles. The molecule has 3 aromatic carbocycles. The Labute approximate surface area is 238 Å². The van der Waals surface area contributed by atoms with Crippen LogP contribution in [0.3, 0.4) is 0 Å². The number of aryl methyl sites for hydroxylation is 1. The first kappa shape index (κ1) is 26.4. The maximum absolute atomic E-state index is 11.6. The number of carbonyl (C=O) groups is 1. The summed E-state index contributed by atoms with van der Waals surface area (Å²) < 4.78 is 14.2. The molecule has 0 spiro atoms. The van der Waals surface area contributed by atoms with E-state index in [0.29, 0.717) is 38.1 Å². The number of aromatic nitrogens is 3. The van der Waals surface area contributed by atoms with E-state index in [1.54, 1.807) is 0 Å². The summed E-state index contributed by atoms with van der Waals surface area (Å²) in [6.07, 6.45) is 0.967. The quantitative estimate of drug-likeness (QED) is 0.234. The zero-order valence-electron chi connectivity index (χ0n) is 22.9. The van der Waals surface area contributed by atoms with Crippen molar-refractivity contribution in [2.45, 2.75) is 32.0 Å². The minimum atomic E-state index is -0.856. The van der Waals surface area contributed by atoms with E-state index in [-0.39, 0.29) is 5.92 Å². The second kappa shape index (κ2) is 11.7. The van der Waals surface area contributed by atoms with Gasteiger partial charge in [-0.25, -0.2) is 4.79 Å². The fraction of sp³-hybridized carbons (Fsp3) is 0.242. The van der Waals surface area contributed by atoms with Crippen LogP contribution in [-0.4, -0.2) is 44.0 Å². The number of amides is 1. The van der Waals surface area contributed by atoms with E-state index in [9.17, 15) is 9.90 Å². The predicted octanol–water partition coefficient (Wildman–Crippen LogP) is 6.65. The number of pyridine rings is 1. The van der Waals surface area contributed by atoms with Gasteiger partial charge in [0.05, 0.1) is 11.1 Å². The van der Waals surface area contributed by atoms with E-state index in [1.807, 2.05) is 84.5 Å². The minimum absolute atomic E-state index is 0.162. The number of rotatable bonds is 8. The maximum atomic E-state index is 11.6. The molecule has 0 aliphatic carbocycles. The third-order valence-corrected chi connectivity index (χ3v) is 7.58. The van der Waals surface area contributed by atoms with Gasteiger partial charge in [-0.05, 0) is 41.7 Å². The van der Waals surface area contributed by atoms with E-state index in [0.717, 1.165) is 51.7 Å². The van der Waals surface area contributed by atoms with Gasteiger partial charge < -0.3 is 19.5 Å². The average Bonchev–Trinajstić information content (AvgIpc) is 3.35. The van der Waals surface area contributed by atoms with Crippen molar-refractivity contribution >= 4 is 17.0 Å². The molecule has 0 saturated carbocycles. The number of carboxylic acid groups (broad SMARTS) is 1. The summed E-state index contributed by atoms with van der Waals surface area (Å²) in [6.45, 7) is 1.87. The lowest BCUT2D eigenvalue weighted by atomic mass is 9.90. The van der Waals surface area contributed by atoms with E-state index in [1.165, 1.54) is 4.90 Å². The van der Waals surface area contributed by atoms with E-state index < -0.39 is 6.09 Å². The first-order valence-electron chi connectivity index (χ1n) is 13.8. The Morgan fingerprint density at radius 3 is 2.34 bits per heavy atom. The Bertz CT molecular complexity index is 1650. The topological polar surface area (TPSA) is 89.7 Å². The summed E-state index contributed by atoms with van der Waals surface area (Å²) >= 11 is 0. The lowest BCUT2D eigenvalue weighted by Crippen LogP contribution is -2.38. The van der Waals surface area contributed by atoms with Crippen LogP contribution in [0.2, 0.25) is 0 Å². The van der Waals surface area contributed by atoms with Crippen LogP contribution in [0.15, 0.2) is 91.0 Å². The summed E-state index contributed by atoms with van der Waals surface area (Å²) in [6, 6.07) is 30.1. The Morgan fingerprint density at radius 1 is 0.927 bits per heavy atom. The molecule has 5 aromatic rings. The van der Waals surface area contributed by atoms with Crippen molar-refractivity contribution < 1.29 is 19.4 Å². The molecule has 1 N–H and O–H groups in total. The fourth-order valence-corrected chi connectivity index (χ4v) is 5.40. The van der Waals surface area contributed by atoms with Crippen molar-refractivity contribution in [2.24, 2.45) is 7.05 Å². The van der Waals surface area contributed by atoms with Gasteiger partial charge in [-0.3, -0.25) is 4.68 Å². The second-order valence-electron chi connectivity index (χ2n) is 10.4. The molecular formula is C33H32N4O4. The normalized spacial score (nSPS) is 15.1. The third kappa shape index (κ3) is 5.87. The SMILES string of the molecule is Cn1nc(-c2ccc(OCc3ccccc3)nc2OCc2ccccc2)c2ccc([C@H]3CCCN(C(=O)O)C3)cc21. The fourth-order valence-electron chi connectivity index (χ4n) is 5.40. The molecule has 41 heavy (non-hydrogen) atoms. The monoisotopic (exact) mass is 548 g/mol. The molecule has 1 atom stereocenters. The summed E-state index contributed by atoms with van der Waals surface area (Å²) in [4.78, 5) is 17.8. The molecule has 208 valence electrons. The van der Waals surface area contributed by atoms with Gasteiger partial charge in [0, 0.05) is 37.5 Å². The van der Waals surface area contributed by atoms with Gasteiger partial charge in [-0.1, -0.05) is 72.8 Å². The molecule has 8 nitrogen and oxygen atoms in total. The van der Waals surface area contributed by atoms with Crippen LogP contribution in [0.1, 0.15) is 35.4 Å². The zero-order valence-corrected chi connectivity index (χ0v) is 22.9. The Morgan fingerprint density at radius 2 is 1.63 bits per heavy atom. The molecule has 0 bridgehead atoms. The molecule has 0 radical (unpaired) electrons. The highest BCUT2D eigenvalue weighted by molar-refractivity contribution is 5.95. The number of fused-ring (bicyclic) bond motifs is 1. The molecule has 8 heteroatoms. The lowest BCUT2D eigenvalue weighted by molar-refractivity contribution is 0.130.